The van der Waals surface area contributed by atoms with Crippen molar-refractivity contribution in [2.75, 3.05) is 11.9 Å². The number of hydrogen-bond acceptors (Lipinski definition) is 3. The molecule has 1 aromatic heterocycles. The second-order valence-corrected chi connectivity index (χ2v) is 5.28. The van der Waals surface area contributed by atoms with E-state index in [1.54, 1.807) is 0 Å². The number of aromatic nitrogens is 1. The summed E-state index contributed by atoms with van der Waals surface area (Å²) in [6.45, 7) is 4.86. The largest absolute Gasteiger partial charge is 0.369 e. The molecule has 0 radical (unpaired) electrons. The topological polar surface area (TPSA) is 48.7 Å². The van der Waals surface area contributed by atoms with Gasteiger partial charge in [0.2, 0.25) is 0 Å². The quantitative estimate of drug-likeness (QED) is 0.879. The minimum Gasteiger partial charge on any atom is -0.369 e. The van der Waals surface area contributed by atoms with Gasteiger partial charge in [-0.3, -0.25) is 0 Å². The molecule has 1 aromatic rings. The summed E-state index contributed by atoms with van der Waals surface area (Å²) in [7, 11) is 0. The summed E-state index contributed by atoms with van der Waals surface area (Å²) in [6, 6.07) is 4.20. The summed E-state index contributed by atoms with van der Waals surface area (Å²) in [4.78, 5) is 4.44. The normalized spacial score (nSPS) is 15.6. The van der Waals surface area contributed by atoms with Gasteiger partial charge >= 0.3 is 0 Å². The molecule has 0 amide bonds. The Morgan fingerprint density at radius 1 is 1.39 bits per heavy atom. The van der Waals surface area contributed by atoms with E-state index in [2.05, 4.69) is 16.4 Å². The Kier molecular flexibility index (Phi) is 4.19. The zero-order chi connectivity index (χ0) is 13.0. The second kappa shape index (κ2) is 5.86. The van der Waals surface area contributed by atoms with Crippen molar-refractivity contribution >= 4 is 5.82 Å². The fourth-order valence-electron chi connectivity index (χ4n) is 2.80. The Hall–Kier alpha value is -1.56. The van der Waals surface area contributed by atoms with Crippen LogP contribution in [-0.2, 0) is 0 Å². The van der Waals surface area contributed by atoms with Gasteiger partial charge in [0.05, 0.1) is 5.56 Å². The predicted molar refractivity (Wildman–Crippen MR) is 73.5 cm³/mol. The van der Waals surface area contributed by atoms with Crippen molar-refractivity contribution in [2.24, 2.45) is 5.92 Å². The molecule has 0 bridgehead atoms. The van der Waals surface area contributed by atoms with Crippen LogP contribution in [0.1, 0.15) is 48.9 Å². The summed E-state index contributed by atoms with van der Waals surface area (Å²) in [5, 5.41) is 12.5. The average Bonchev–Trinajstić information content (AvgIpc) is 2.81. The Bertz CT molecular complexity index is 454. The molecule has 1 heterocycles. The van der Waals surface area contributed by atoms with Gasteiger partial charge in [0, 0.05) is 12.2 Å². The first-order chi connectivity index (χ1) is 8.70. The van der Waals surface area contributed by atoms with E-state index in [4.69, 9.17) is 0 Å². The molecular formula is C15H21N3. The van der Waals surface area contributed by atoms with E-state index >= 15 is 0 Å². The summed E-state index contributed by atoms with van der Waals surface area (Å²) >= 11 is 0. The lowest BCUT2D eigenvalue weighted by Crippen LogP contribution is -2.10. The summed E-state index contributed by atoms with van der Waals surface area (Å²) in [5.41, 5.74) is 2.66. The van der Waals surface area contributed by atoms with Crippen LogP contribution in [0.5, 0.6) is 0 Å². The van der Waals surface area contributed by atoms with Gasteiger partial charge in [0.25, 0.3) is 0 Å². The molecule has 1 aliphatic carbocycles. The fourth-order valence-corrected chi connectivity index (χ4v) is 2.80. The first-order valence-corrected chi connectivity index (χ1v) is 6.83. The maximum Gasteiger partial charge on any atom is 0.144 e. The monoisotopic (exact) mass is 243 g/mol. The molecule has 1 saturated carbocycles. The standard InChI is InChI=1S/C15H21N3/c1-11-9-12(2)18-15(14(11)10-16)17-8-7-13-5-3-4-6-13/h9,13H,3-8H2,1-2H3,(H,17,18). The fraction of sp³-hybridized carbons (Fsp3) is 0.600. The van der Waals surface area contributed by atoms with Crippen LogP contribution in [0, 0.1) is 31.1 Å². The summed E-state index contributed by atoms with van der Waals surface area (Å²) in [5.74, 6) is 1.63. The molecule has 18 heavy (non-hydrogen) atoms. The van der Waals surface area contributed by atoms with Crippen molar-refractivity contribution in [3.63, 3.8) is 0 Å². The molecule has 3 nitrogen and oxygen atoms in total. The van der Waals surface area contributed by atoms with Crippen LogP contribution in [-0.4, -0.2) is 11.5 Å². The first-order valence-electron chi connectivity index (χ1n) is 6.83. The Labute approximate surface area is 109 Å². The maximum absolute atomic E-state index is 9.17. The molecule has 0 aromatic carbocycles. The SMILES string of the molecule is Cc1cc(C)c(C#N)c(NCCC2CCCC2)n1. The van der Waals surface area contributed by atoms with Crippen molar-refractivity contribution in [1.82, 2.24) is 4.98 Å². The number of nitrogens with zero attached hydrogens (tertiary/aromatic N) is 2. The zero-order valence-corrected chi connectivity index (χ0v) is 11.3. The minimum atomic E-state index is 0.687. The molecule has 1 fully saturated rings. The van der Waals surface area contributed by atoms with Crippen molar-refractivity contribution in [3.8, 4) is 6.07 Å². The maximum atomic E-state index is 9.17. The lowest BCUT2D eigenvalue weighted by Gasteiger charge is -2.12. The molecule has 0 atom stereocenters. The van der Waals surface area contributed by atoms with Crippen LogP contribution < -0.4 is 5.32 Å². The lowest BCUT2D eigenvalue weighted by atomic mass is 10.0. The van der Waals surface area contributed by atoms with Gasteiger partial charge in [-0.25, -0.2) is 4.98 Å². The van der Waals surface area contributed by atoms with E-state index in [0.717, 1.165) is 29.5 Å². The van der Waals surface area contributed by atoms with Crippen LogP contribution in [0.15, 0.2) is 6.07 Å². The molecule has 1 aliphatic rings. The Morgan fingerprint density at radius 2 is 2.11 bits per heavy atom. The third kappa shape index (κ3) is 3.01. The number of rotatable bonds is 4. The number of pyridine rings is 1. The number of anilines is 1. The van der Waals surface area contributed by atoms with Crippen LogP contribution >= 0.6 is 0 Å². The van der Waals surface area contributed by atoms with Gasteiger partial charge in [0.15, 0.2) is 0 Å². The smallest absolute Gasteiger partial charge is 0.144 e. The molecule has 3 heteroatoms. The highest BCUT2D eigenvalue weighted by atomic mass is 15.0. The highest BCUT2D eigenvalue weighted by molar-refractivity contribution is 5.56. The molecule has 2 rings (SSSR count). The van der Waals surface area contributed by atoms with Gasteiger partial charge in [-0.2, -0.15) is 5.26 Å². The number of nitrogens with one attached hydrogen (secondary N) is 1. The van der Waals surface area contributed by atoms with E-state index in [9.17, 15) is 5.26 Å². The van der Waals surface area contributed by atoms with E-state index in [-0.39, 0.29) is 0 Å². The number of nitriles is 1. The first kappa shape index (κ1) is 12.9. The third-order valence-corrected chi connectivity index (χ3v) is 3.78. The van der Waals surface area contributed by atoms with Crippen molar-refractivity contribution in [1.29, 1.82) is 5.26 Å². The van der Waals surface area contributed by atoms with Gasteiger partial charge in [-0.15, -0.1) is 0 Å². The second-order valence-electron chi connectivity index (χ2n) is 5.28. The minimum absolute atomic E-state index is 0.687. The Balaban J connectivity index is 1.97. The zero-order valence-electron chi connectivity index (χ0n) is 11.3. The molecule has 0 saturated heterocycles. The van der Waals surface area contributed by atoms with Crippen LogP contribution in [0.2, 0.25) is 0 Å². The molecule has 0 aliphatic heterocycles. The molecule has 1 N–H and O–H groups in total. The number of aryl methyl sites for hydroxylation is 2. The predicted octanol–water partition coefficient (Wildman–Crippen LogP) is 3.56. The third-order valence-electron chi connectivity index (χ3n) is 3.78. The Morgan fingerprint density at radius 3 is 2.78 bits per heavy atom. The van der Waals surface area contributed by atoms with Gasteiger partial charge in [-0.1, -0.05) is 25.7 Å². The van der Waals surface area contributed by atoms with Crippen LogP contribution in [0.25, 0.3) is 0 Å². The molecule has 0 unspecified atom stereocenters. The highest BCUT2D eigenvalue weighted by Gasteiger charge is 2.15. The van der Waals surface area contributed by atoms with E-state index in [1.807, 2.05) is 19.9 Å². The molecule has 96 valence electrons. The van der Waals surface area contributed by atoms with Crippen molar-refractivity contribution < 1.29 is 0 Å². The highest BCUT2D eigenvalue weighted by Crippen LogP contribution is 2.27. The average molecular weight is 243 g/mol. The van der Waals surface area contributed by atoms with Crippen LogP contribution in [0.4, 0.5) is 5.82 Å². The van der Waals surface area contributed by atoms with E-state index in [0.29, 0.717) is 5.56 Å². The van der Waals surface area contributed by atoms with Crippen molar-refractivity contribution in [2.45, 2.75) is 46.0 Å². The summed E-state index contributed by atoms with van der Waals surface area (Å²) < 4.78 is 0. The van der Waals surface area contributed by atoms with E-state index in [1.165, 1.54) is 32.1 Å². The number of hydrogen-bond donors (Lipinski definition) is 1. The summed E-state index contributed by atoms with van der Waals surface area (Å²) in [6.07, 6.45) is 6.70. The van der Waals surface area contributed by atoms with Gasteiger partial charge in [-0.05, 0) is 37.8 Å². The lowest BCUT2D eigenvalue weighted by molar-refractivity contribution is 0.518. The van der Waals surface area contributed by atoms with Crippen LogP contribution in [0.3, 0.4) is 0 Å². The van der Waals surface area contributed by atoms with E-state index < -0.39 is 0 Å². The van der Waals surface area contributed by atoms with Crippen molar-refractivity contribution in [3.05, 3.63) is 22.9 Å². The van der Waals surface area contributed by atoms with Gasteiger partial charge in [0.1, 0.15) is 11.9 Å². The molecular weight excluding hydrogens is 222 g/mol. The molecule has 0 spiro atoms. The van der Waals surface area contributed by atoms with Gasteiger partial charge < -0.3 is 5.32 Å².